The Labute approximate surface area is 246 Å². The van der Waals surface area contributed by atoms with E-state index in [1.165, 1.54) is 89.9 Å². The van der Waals surface area contributed by atoms with Gasteiger partial charge in [0.25, 0.3) is 11.9 Å². The van der Waals surface area contributed by atoms with Crippen LogP contribution < -0.4 is 10.6 Å². The van der Waals surface area contributed by atoms with Gasteiger partial charge in [0.2, 0.25) is 0 Å². The van der Waals surface area contributed by atoms with Crippen LogP contribution in [-0.4, -0.2) is 73.7 Å². The normalized spacial score (nSPS) is 12.2. The molecule has 0 saturated carbocycles. The molecule has 0 aromatic rings. The first-order chi connectivity index (χ1) is 19.5. The molecule has 0 unspecified atom stereocenters. The fourth-order valence-electron chi connectivity index (χ4n) is 4.99. The predicted molar refractivity (Wildman–Crippen MR) is 161 cm³/mol. The summed E-state index contributed by atoms with van der Waals surface area (Å²) in [5.74, 6) is -1.77. The topological polar surface area (TPSA) is 96.5 Å². The lowest BCUT2D eigenvalue weighted by atomic mass is 10.1. The van der Waals surface area contributed by atoms with E-state index < -0.39 is 11.9 Å². The minimum Gasteiger partial charge on any atom is -0.338 e. The number of urea groups is 1. The number of rotatable bonds is 30. The maximum absolute atomic E-state index is 11.9. The van der Waals surface area contributed by atoms with Crippen LogP contribution in [0.5, 0.6) is 0 Å². The molecule has 0 aliphatic carbocycles. The van der Waals surface area contributed by atoms with Gasteiger partial charge >= 0.3 is 6.03 Å². The molecule has 0 radical (unpaired) electrons. The summed E-state index contributed by atoms with van der Waals surface area (Å²) >= 11 is 0. The molecular weight excluding hydrogens is 512 g/mol. The Hall–Kier alpha value is -0.970. The highest BCUT2D eigenvalue weighted by atomic mass is 16.9. The van der Waals surface area contributed by atoms with Gasteiger partial charge in [0.15, 0.2) is 0 Å². The van der Waals surface area contributed by atoms with Crippen molar-refractivity contribution in [3.63, 3.8) is 0 Å². The number of unbranched alkanes of at least 4 members (excludes halogenated alkanes) is 16. The lowest BCUT2D eigenvalue weighted by molar-refractivity contribution is -0.355. The molecule has 40 heavy (non-hydrogen) atoms. The second-order valence-electron chi connectivity index (χ2n) is 10.6. The summed E-state index contributed by atoms with van der Waals surface area (Å²) in [4.78, 5) is 11.9. The summed E-state index contributed by atoms with van der Waals surface area (Å²) in [5, 5.41) is 5.97. The van der Waals surface area contributed by atoms with Crippen LogP contribution in [0.1, 0.15) is 128 Å². The maximum Gasteiger partial charge on any atom is 0.314 e. The minimum atomic E-state index is -0.887. The van der Waals surface area contributed by atoms with Gasteiger partial charge in [0.1, 0.15) is 0 Å². The van der Waals surface area contributed by atoms with E-state index in [0.29, 0.717) is 0 Å². The minimum absolute atomic E-state index is 0.0288. The summed E-state index contributed by atoms with van der Waals surface area (Å²) in [6.45, 7) is 1.52. The van der Waals surface area contributed by atoms with Crippen molar-refractivity contribution in [2.24, 2.45) is 0 Å². The van der Waals surface area contributed by atoms with Crippen molar-refractivity contribution in [2.75, 3.05) is 55.7 Å². The van der Waals surface area contributed by atoms with Gasteiger partial charge in [-0.3, -0.25) is 0 Å². The number of nitrogens with one attached hydrogen (secondary N) is 2. The van der Waals surface area contributed by atoms with Gasteiger partial charge < -0.3 is 39.1 Å². The monoisotopic (exact) mass is 576 g/mol. The maximum atomic E-state index is 11.9. The van der Waals surface area contributed by atoms with Crippen molar-refractivity contribution < 1.29 is 33.2 Å². The number of methoxy groups -OCH3 is 6. The number of carbonyl (C=O) groups is 1. The fourth-order valence-corrected chi connectivity index (χ4v) is 4.99. The van der Waals surface area contributed by atoms with Gasteiger partial charge in [-0.2, -0.15) is 0 Å². The molecular formula is C31H64N2O7. The Morgan fingerprint density at radius 3 is 0.875 bits per heavy atom. The molecule has 240 valence electrons. The van der Waals surface area contributed by atoms with Crippen LogP contribution in [-0.2, 0) is 28.4 Å². The van der Waals surface area contributed by atoms with E-state index in [1.807, 2.05) is 0 Å². The van der Waals surface area contributed by atoms with E-state index in [4.69, 9.17) is 28.4 Å². The Morgan fingerprint density at radius 2 is 0.625 bits per heavy atom. The highest BCUT2D eigenvalue weighted by Gasteiger charge is 2.29. The van der Waals surface area contributed by atoms with E-state index in [0.717, 1.165) is 51.6 Å². The third-order valence-electron chi connectivity index (χ3n) is 7.76. The molecule has 0 bridgehead atoms. The highest BCUT2D eigenvalue weighted by molar-refractivity contribution is 5.73. The van der Waals surface area contributed by atoms with Crippen molar-refractivity contribution in [1.29, 1.82) is 0 Å². The summed E-state index contributed by atoms with van der Waals surface area (Å²) in [7, 11) is 9.69. The summed E-state index contributed by atoms with van der Waals surface area (Å²) in [6, 6.07) is -0.0288. The zero-order chi connectivity index (χ0) is 29.8. The first kappa shape index (κ1) is 39.0. The van der Waals surface area contributed by atoms with Gasteiger partial charge in [-0.05, 0) is 25.7 Å². The highest BCUT2D eigenvalue weighted by Crippen LogP contribution is 2.22. The van der Waals surface area contributed by atoms with Gasteiger partial charge in [-0.25, -0.2) is 4.79 Å². The lowest BCUT2D eigenvalue weighted by Crippen LogP contribution is -2.36. The van der Waals surface area contributed by atoms with Crippen molar-refractivity contribution >= 4 is 6.03 Å². The van der Waals surface area contributed by atoms with Crippen LogP contribution in [0.2, 0.25) is 0 Å². The fraction of sp³-hybridized carbons (Fsp3) is 0.968. The Balaban J connectivity index is 3.38. The molecule has 0 aromatic heterocycles. The largest absolute Gasteiger partial charge is 0.338 e. The van der Waals surface area contributed by atoms with E-state index in [1.54, 1.807) is 42.7 Å². The molecule has 0 rings (SSSR count). The standard InChI is InChI=1S/C31H64N2O7/c1-35-30(36-2,37-3)25-21-17-13-9-7-11-15-19-23-27-32-29(34)33-28-24-20-16-12-8-10-14-18-22-26-31(38-4,39-5)40-6/h7-28H2,1-6H3,(H2,32,33,34). The van der Waals surface area contributed by atoms with Crippen LogP contribution in [0.15, 0.2) is 0 Å². The number of carbonyl (C=O) groups excluding carboxylic acids is 1. The van der Waals surface area contributed by atoms with Crippen LogP contribution in [0.3, 0.4) is 0 Å². The molecule has 0 aliphatic heterocycles. The van der Waals surface area contributed by atoms with Crippen molar-refractivity contribution in [3.05, 3.63) is 0 Å². The average Bonchev–Trinajstić information content (AvgIpc) is 2.98. The van der Waals surface area contributed by atoms with Gasteiger partial charge in [0, 0.05) is 68.6 Å². The van der Waals surface area contributed by atoms with E-state index in [-0.39, 0.29) is 6.03 Å². The number of amides is 2. The first-order valence-electron chi connectivity index (χ1n) is 15.8. The van der Waals surface area contributed by atoms with Gasteiger partial charge in [0.05, 0.1) is 0 Å². The molecule has 0 heterocycles. The first-order valence-corrected chi connectivity index (χ1v) is 15.8. The van der Waals surface area contributed by atoms with Crippen molar-refractivity contribution in [1.82, 2.24) is 10.6 Å². The van der Waals surface area contributed by atoms with Gasteiger partial charge in [-0.15, -0.1) is 0 Å². The predicted octanol–water partition coefficient (Wildman–Crippen LogP) is 7.27. The molecule has 9 heteroatoms. The second-order valence-corrected chi connectivity index (χ2v) is 10.6. The summed E-state index contributed by atoms with van der Waals surface area (Å²) in [6.07, 6.45) is 22.9. The molecule has 2 amide bonds. The van der Waals surface area contributed by atoms with Crippen molar-refractivity contribution in [3.8, 4) is 0 Å². The molecule has 0 aliphatic rings. The molecule has 0 saturated heterocycles. The number of hydrogen-bond donors (Lipinski definition) is 2. The third kappa shape index (κ3) is 20.0. The third-order valence-corrected chi connectivity index (χ3v) is 7.76. The van der Waals surface area contributed by atoms with Gasteiger partial charge in [-0.1, -0.05) is 89.9 Å². The van der Waals surface area contributed by atoms with Crippen LogP contribution in [0.4, 0.5) is 4.79 Å². The molecule has 2 N–H and O–H groups in total. The Morgan fingerprint density at radius 1 is 0.400 bits per heavy atom. The lowest BCUT2D eigenvalue weighted by Gasteiger charge is -2.28. The van der Waals surface area contributed by atoms with Crippen LogP contribution >= 0.6 is 0 Å². The molecule has 0 aromatic carbocycles. The molecule has 9 nitrogen and oxygen atoms in total. The zero-order valence-corrected chi connectivity index (χ0v) is 26.9. The SMILES string of the molecule is COC(CCCCCCCCCCCNC(=O)NCCCCCCCCCCCC(OC)(OC)OC)(OC)OC. The smallest absolute Gasteiger partial charge is 0.314 e. The second kappa shape index (κ2) is 26.9. The molecule has 0 atom stereocenters. The zero-order valence-electron chi connectivity index (χ0n) is 26.9. The molecule has 0 spiro atoms. The average molecular weight is 577 g/mol. The van der Waals surface area contributed by atoms with Crippen LogP contribution in [0.25, 0.3) is 0 Å². The summed E-state index contributed by atoms with van der Waals surface area (Å²) in [5.41, 5.74) is 0. The van der Waals surface area contributed by atoms with Crippen LogP contribution in [0, 0.1) is 0 Å². The van der Waals surface area contributed by atoms with E-state index >= 15 is 0 Å². The number of ether oxygens (including phenoxy) is 6. The molecule has 0 fully saturated rings. The van der Waals surface area contributed by atoms with E-state index in [2.05, 4.69) is 10.6 Å². The Bertz CT molecular complexity index is 495. The number of hydrogen-bond acceptors (Lipinski definition) is 7. The van der Waals surface area contributed by atoms with Crippen molar-refractivity contribution in [2.45, 2.75) is 140 Å². The summed E-state index contributed by atoms with van der Waals surface area (Å²) < 4.78 is 32.0. The van der Waals surface area contributed by atoms with E-state index in [9.17, 15) is 4.79 Å². The Kier molecular flexibility index (Phi) is 26.2. The quantitative estimate of drug-likeness (QED) is 0.0685.